The van der Waals surface area contributed by atoms with Crippen molar-refractivity contribution in [2.45, 2.75) is 38.5 Å². The molecule has 3 heteroatoms. The van der Waals surface area contributed by atoms with E-state index in [4.69, 9.17) is 0 Å². The molecule has 1 aromatic carbocycles. The van der Waals surface area contributed by atoms with E-state index in [0.29, 0.717) is 18.6 Å². The van der Waals surface area contributed by atoms with E-state index in [2.05, 4.69) is 24.1 Å². The first-order valence-corrected chi connectivity index (χ1v) is 6.74. The standard InChI is InChI=1S/C15H24N2O/c1-12-9-17(10-13(2)16-12)11-15(3,18)14-7-5-4-6-8-14/h4-8,12-13,16,18H,9-11H2,1-3H3. The molecule has 2 N–H and O–H groups in total. The van der Waals surface area contributed by atoms with Crippen molar-refractivity contribution in [1.29, 1.82) is 0 Å². The average molecular weight is 248 g/mol. The molecule has 18 heavy (non-hydrogen) atoms. The molecule has 1 aliphatic heterocycles. The smallest absolute Gasteiger partial charge is 0.0994 e. The summed E-state index contributed by atoms with van der Waals surface area (Å²) in [6.45, 7) is 8.97. The first kappa shape index (κ1) is 13.5. The first-order valence-electron chi connectivity index (χ1n) is 6.74. The molecule has 0 spiro atoms. The molecular formula is C15H24N2O. The molecule has 3 unspecified atom stereocenters. The van der Waals surface area contributed by atoms with Crippen molar-refractivity contribution >= 4 is 0 Å². The molecule has 0 bridgehead atoms. The molecule has 0 amide bonds. The Bertz CT molecular complexity index is 367. The van der Waals surface area contributed by atoms with Gasteiger partial charge in [0.1, 0.15) is 0 Å². The second kappa shape index (κ2) is 5.39. The second-order valence-corrected chi connectivity index (χ2v) is 5.80. The second-order valence-electron chi connectivity index (χ2n) is 5.80. The van der Waals surface area contributed by atoms with Gasteiger partial charge in [-0.1, -0.05) is 30.3 Å². The third-order valence-electron chi connectivity index (χ3n) is 3.56. The zero-order valence-corrected chi connectivity index (χ0v) is 11.6. The van der Waals surface area contributed by atoms with Crippen LogP contribution in [0.25, 0.3) is 0 Å². The van der Waals surface area contributed by atoms with Gasteiger partial charge in [0.25, 0.3) is 0 Å². The Morgan fingerprint density at radius 2 is 1.78 bits per heavy atom. The average Bonchev–Trinajstić information content (AvgIpc) is 2.28. The molecule has 3 nitrogen and oxygen atoms in total. The molecule has 0 aromatic heterocycles. The monoisotopic (exact) mass is 248 g/mol. The molecular weight excluding hydrogens is 224 g/mol. The Hall–Kier alpha value is -0.900. The topological polar surface area (TPSA) is 35.5 Å². The van der Waals surface area contributed by atoms with Gasteiger partial charge >= 0.3 is 0 Å². The van der Waals surface area contributed by atoms with Crippen molar-refractivity contribution in [3.8, 4) is 0 Å². The van der Waals surface area contributed by atoms with Crippen LogP contribution in [0.5, 0.6) is 0 Å². The lowest BCUT2D eigenvalue weighted by Crippen LogP contribution is -2.56. The Kier molecular flexibility index (Phi) is 4.05. The lowest BCUT2D eigenvalue weighted by atomic mass is 9.94. The van der Waals surface area contributed by atoms with Gasteiger partial charge in [-0.2, -0.15) is 0 Å². The van der Waals surface area contributed by atoms with Crippen LogP contribution < -0.4 is 5.32 Å². The molecule has 2 rings (SSSR count). The van der Waals surface area contributed by atoms with E-state index in [9.17, 15) is 5.11 Å². The summed E-state index contributed by atoms with van der Waals surface area (Å²) in [6.07, 6.45) is 0. The summed E-state index contributed by atoms with van der Waals surface area (Å²) in [6, 6.07) is 10.9. The van der Waals surface area contributed by atoms with Gasteiger partial charge < -0.3 is 10.4 Å². The summed E-state index contributed by atoms with van der Waals surface area (Å²) in [5.41, 5.74) is 0.210. The normalized spacial score (nSPS) is 28.9. The fourth-order valence-electron chi connectivity index (χ4n) is 2.89. The van der Waals surface area contributed by atoms with Crippen molar-refractivity contribution in [1.82, 2.24) is 10.2 Å². The zero-order valence-electron chi connectivity index (χ0n) is 11.6. The van der Waals surface area contributed by atoms with Gasteiger partial charge in [0, 0.05) is 31.7 Å². The molecule has 1 aromatic rings. The van der Waals surface area contributed by atoms with E-state index in [0.717, 1.165) is 18.7 Å². The van der Waals surface area contributed by atoms with Gasteiger partial charge in [0.15, 0.2) is 0 Å². The van der Waals surface area contributed by atoms with Crippen LogP contribution in [0.1, 0.15) is 26.3 Å². The molecule has 1 fully saturated rings. The highest BCUT2D eigenvalue weighted by Crippen LogP contribution is 2.22. The van der Waals surface area contributed by atoms with Crippen LogP contribution in [0.4, 0.5) is 0 Å². The molecule has 0 radical (unpaired) electrons. The van der Waals surface area contributed by atoms with Crippen molar-refractivity contribution in [2.75, 3.05) is 19.6 Å². The quantitative estimate of drug-likeness (QED) is 0.852. The summed E-state index contributed by atoms with van der Waals surface area (Å²) >= 11 is 0. The van der Waals surface area contributed by atoms with Gasteiger partial charge in [-0.05, 0) is 26.3 Å². The number of hydrogen-bond donors (Lipinski definition) is 2. The maximum absolute atomic E-state index is 10.6. The molecule has 0 aliphatic carbocycles. The number of aliphatic hydroxyl groups is 1. The van der Waals surface area contributed by atoms with Gasteiger partial charge in [0.2, 0.25) is 0 Å². The largest absolute Gasteiger partial charge is 0.384 e. The summed E-state index contributed by atoms with van der Waals surface area (Å²) in [4.78, 5) is 2.35. The zero-order chi connectivity index (χ0) is 13.2. The number of benzene rings is 1. The molecule has 0 saturated carbocycles. The van der Waals surface area contributed by atoms with Crippen LogP contribution in [0, 0.1) is 0 Å². The number of β-amino-alcohol motifs (C(OH)–C–C–N with tert-alkyl or cyclic N) is 1. The molecule has 1 heterocycles. The van der Waals surface area contributed by atoms with Gasteiger partial charge in [0.05, 0.1) is 5.60 Å². The Labute approximate surface area is 110 Å². The highest BCUT2D eigenvalue weighted by atomic mass is 16.3. The van der Waals surface area contributed by atoms with Gasteiger partial charge in [-0.25, -0.2) is 0 Å². The van der Waals surface area contributed by atoms with Crippen molar-refractivity contribution in [2.24, 2.45) is 0 Å². The highest BCUT2D eigenvalue weighted by Gasteiger charge is 2.29. The van der Waals surface area contributed by atoms with Crippen molar-refractivity contribution < 1.29 is 5.11 Å². The number of hydrogen-bond acceptors (Lipinski definition) is 3. The van der Waals surface area contributed by atoms with Crippen LogP contribution in [-0.2, 0) is 5.60 Å². The van der Waals surface area contributed by atoms with E-state index in [1.165, 1.54) is 0 Å². The summed E-state index contributed by atoms with van der Waals surface area (Å²) in [5.74, 6) is 0. The fraction of sp³-hybridized carbons (Fsp3) is 0.600. The number of piperazine rings is 1. The minimum absolute atomic E-state index is 0.486. The Morgan fingerprint density at radius 3 is 2.33 bits per heavy atom. The van der Waals surface area contributed by atoms with Crippen molar-refractivity contribution in [3.63, 3.8) is 0 Å². The molecule has 1 aliphatic rings. The summed E-state index contributed by atoms with van der Waals surface area (Å²) in [5, 5.41) is 14.2. The van der Waals surface area contributed by atoms with Crippen LogP contribution >= 0.6 is 0 Å². The molecule has 3 atom stereocenters. The maximum atomic E-state index is 10.6. The SMILES string of the molecule is CC1CN(CC(C)(O)c2ccccc2)CC(C)N1. The Morgan fingerprint density at radius 1 is 1.22 bits per heavy atom. The van der Waals surface area contributed by atoms with Crippen LogP contribution in [0.3, 0.4) is 0 Å². The molecule has 1 saturated heterocycles. The summed E-state index contributed by atoms with van der Waals surface area (Å²) in [7, 11) is 0. The van der Waals surface area contributed by atoms with E-state index >= 15 is 0 Å². The number of nitrogens with one attached hydrogen (secondary N) is 1. The lowest BCUT2D eigenvalue weighted by molar-refractivity contribution is 0.00367. The minimum Gasteiger partial charge on any atom is -0.384 e. The van der Waals surface area contributed by atoms with E-state index in [1.54, 1.807) is 0 Å². The van der Waals surface area contributed by atoms with Crippen LogP contribution in [-0.4, -0.2) is 41.7 Å². The lowest BCUT2D eigenvalue weighted by Gasteiger charge is -2.39. The van der Waals surface area contributed by atoms with E-state index < -0.39 is 5.60 Å². The third-order valence-corrected chi connectivity index (χ3v) is 3.56. The summed E-state index contributed by atoms with van der Waals surface area (Å²) < 4.78 is 0. The Balaban J connectivity index is 2.04. The van der Waals surface area contributed by atoms with E-state index in [-0.39, 0.29) is 0 Å². The fourth-order valence-corrected chi connectivity index (χ4v) is 2.89. The maximum Gasteiger partial charge on any atom is 0.0994 e. The number of nitrogens with zero attached hydrogens (tertiary/aromatic N) is 1. The van der Waals surface area contributed by atoms with E-state index in [1.807, 2.05) is 37.3 Å². The third kappa shape index (κ3) is 3.31. The first-order chi connectivity index (χ1) is 8.47. The minimum atomic E-state index is -0.780. The number of rotatable bonds is 3. The van der Waals surface area contributed by atoms with Gasteiger partial charge in [-0.15, -0.1) is 0 Å². The van der Waals surface area contributed by atoms with Crippen LogP contribution in [0.2, 0.25) is 0 Å². The van der Waals surface area contributed by atoms with Gasteiger partial charge in [-0.3, -0.25) is 4.90 Å². The van der Waals surface area contributed by atoms with Crippen LogP contribution in [0.15, 0.2) is 30.3 Å². The predicted molar refractivity (Wildman–Crippen MR) is 74.5 cm³/mol. The predicted octanol–water partition coefficient (Wildman–Crippen LogP) is 1.58. The van der Waals surface area contributed by atoms with Crippen molar-refractivity contribution in [3.05, 3.63) is 35.9 Å². The molecule has 100 valence electrons. The highest BCUT2D eigenvalue weighted by molar-refractivity contribution is 5.21.